The van der Waals surface area contributed by atoms with Crippen LogP contribution in [0.4, 0.5) is 5.69 Å². The maximum Gasteiger partial charge on any atom is 0.247 e. The summed E-state index contributed by atoms with van der Waals surface area (Å²) in [7, 11) is 1.89. The number of pyridine rings is 1. The molecule has 1 amide bonds. The fourth-order valence-electron chi connectivity index (χ4n) is 3.44. The summed E-state index contributed by atoms with van der Waals surface area (Å²) in [6, 6.07) is 6.04. The van der Waals surface area contributed by atoms with Gasteiger partial charge in [-0.25, -0.2) is 4.98 Å². The van der Waals surface area contributed by atoms with Crippen LogP contribution in [0, 0.1) is 13.8 Å². The molecule has 4 rings (SSSR count). The lowest BCUT2D eigenvalue weighted by atomic mass is 9.96. The van der Waals surface area contributed by atoms with Gasteiger partial charge in [0.2, 0.25) is 5.91 Å². The average Bonchev–Trinajstić information content (AvgIpc) is 3.30. The molecule has 29 heavy (non-hydrogen) atoms. The minimum absolute atomic E-state index is 0.239. The van der Waals surface area contributed by atoms with Crippen LogP contribution in [0.2, 0.25) is 0 Å². The standard InChI is InChI=1S/C22H20BrN5O/c1-5-18(29)26-17-8-14(7-6-12(17)2)20-19-13(3)16(23)10-24-22(19)27-21(20)15-9-25-28(4)11-15/h5-11H,1H2,2-4H3,(H,24,27)(H,26,29). The number of hydrogen-bond donors (Lipinski definition) is 2. The molecule has 0 bridgehead atoms. The first-order chi connectivity index (χ1) is 13.9. The fraction of sp³-hybridized carbons (Fsp3) is 0.136. The van der Waals surface area contributed by atoms with Crippen molar-refractivity contribution in [2.75, 3.05) is 5.32 Å². The molecule has 7 heteroatoms. The van der Waals surface area contributed by atoms with Gasteiger partial charge in [-0.15, -0.1) is 0 Å². The van der Waals surface area contributed by atoms with Crippen molar-refractivity contribution in [1.29, 1.82) is 0 Å². The molecule has 0 saturated carbocycles. The molecule has 0 atom stereocenters. The first-order valence-electron chi connectivity index (χ1n) is 9.09. The van der Waals surface area contributed by atoms with Crippen molar-refractivity contribution in [3.63, 3.8) is 0 Å². The van der Waals surface area contributed by atoms with Gasteiger partial charge >= 0.3 is 0 Å². The molecule has 0 unspecified atom stereocenters. The summed E-state index contributed by atoms with van der Waals surface area (Å²) in [5.41, 5.74) is 7.52. The largest absolute Gasteiger partial charge is 0.339 e. The fourth-order valence-corrected chi connectivity index (χ4v) is 3.74. The van der Waals surface area contributed by atoms with Crippen LogP contribution in [-0.2, 0) is 11.8 Å². The maximum atomic E-state index is 11.9. The van der Waals surface area contributed by atoms with Gasteiger partial charge in [-0.05, 0) is 58.6 Å². The summed E-state index contributed by atoms with van der Waals surface area (Å²) >= 11 is 3.60. The average molecular weight is 450 g/mol. The number of aryl methyl sites for hydroxylation is 3. The van der Waals surface area contributed by atoms with Gasteiger partial charge in [0.25, 0.3) is 0 Å². The molecule has 0 aliphatic carbocycles. The highest BCUT2D eigenvalue weighted by Gasteiger charge is 2.20. The summed E-state index contributed by atoms with van der Waals surface area (Å²) in [6.07, 6.45) is 6.86. The smallest absolute Gasteiger partial charge is 0.247 e. The number of rotatable bonds is 4. The van der Waals surface area contributed by atoms with Gasteiger partial charge in [0.15, 0.2) is 0 Å². The van der Waals surface area contributed by atoms with Crippen LogP contribution in [0.1, 0.15) is 11.1 Å². The Balaban J connectivity index is 2.02. The van der Waals surface area contributed by atoms with E-state index in [-0.39, 0.29) is 5.91 Å². The molecule has 0 fully saturated rings. The zero-order valence-corrected chi connectivity index (χ0v) is 18.0. The predicted molar refractivity (Wildman–Crippen MR) is 120 cm³/mol. The third-order valence-electron chi connectivity index (χ3n) is 4.98. The zero-order chi connectivity index (χ0) is 20.7. The van der Waals surface area contributed by atoms with Crippen LogP contribution in [0.5, 0.6) is 0 Å². The van der Waals surface area contributed by atoms with Crippen molar-refractivity contribution in [1.82, 2.24) is 19.7 Å². The third kappa shape index (κ3) is 3.38. The predicted octanol–water partition coefficient (Wildman–Crippen LogP) is 5.13. The van der Waals surface area contributed by atoms with E-state index in [0.717, 1.165) is 54.7 Å². The van der Waals surface area contributed by atoms with Crippen LogP contribution in [0.3, 0.4) is 0 Å². The lowest BCUT2D eigenvalue weighted by Gasteiger charge is -2.11. The van der Waals surface area contributed by atoms with Crippen molar-refractivity contribution in [2.24, 2.45) is 7.05 Å². The number of amides is 1. The SMILES string of the molecule is C=CC(=O)Nc1cc(-c2c(-c3cnn(C)c3)[nH]c3ncc(Br)c(C)c23)ccc1C. The zero-order valence-electron chi connectivity index (χ0n) is 16.4. The molecular weight excluding hydrogens is 430 g/mol. The summed E-state index contributed by atoms with van der Waals surface area (Å²) in [6.45, 7) is 7.56. The Hall–Kier alpha value is -3.19. The molecular formula is C22H20BrN5O. The Labute approximate surface area is 176 Å². The highest BCUT2D eigenvalue weighted by Crippen LogP contribution is 2.41. The van der Waals surface area contributed by atoms with Crippen LogP contribution in [-0.4, -0.2) is 25.7 Å². The molecule has 3 heterocycles. The number of aromatic nitrogens is 4. The van der Waals surface area contributed by atoms with Gasteiger partial charge in [-0.3, -0.25) is 9.48 Å². The van der Waals surface area contributed by atoms with Gasteiger partial charge in [0, 0.05) is 46.1 Å². The second-order valence-corrected chi connectivity index (χ2v) is 7.81. The number of nitrogens with zero attached hydrogens (tertiary/aromatic N) is 3. The number of halogens is 1. The number of carbonyl (C=O) groups is 1. The molecule has 3 aromatic heterocycles. The molecule has 2 N–H and O–H groups in total. The molecule has 146 valence electrons. The molecule has 0 aliphatic rings. The number of fused-ring (bicyclic) bond motifs is 1. The van der Waals surface area contributed by atoms with Crippen LogP contribution in [0.15, 0.2) is 53.9 Å². The van der Waals surface area contributed by atoms with E-state index >= 15 is 0 Å². The first-order valence-corrected chi connectivity index (χ1v) is 9.88. The molecule has 1 aromatic carbocycles. The summed E-state index contributed by atoms with van der Waals surface area (Å²) in [4.78, 5) is 19.9. The molecule has 0 radical (unpaired) electrons. The molecule has 4 aromatic rings. The van der Waals surface area contributed by atoms with Gasteiger partial charge < -0.3 is 10.3 Å². The number of carbonyl (C=O) groups excluding carboxylic acids is 1. The van der Waals surface area contributed by atoms with Crippen LogP contribution >= 0.6 is 15.9 Å². The minimum atomic E-state index is -0.239. The Bertz CT molecular complexity index is 1270. The van der Waals surface area contributed by atoms with Crippen molar-refractivity contribution in [2.45, 2.75) is 13.8 Å². The van der Waals surface area contributed by atoms with E-state index in [1.807, 2.05) is 38.5 Å². The van der Waals surface area contributed by atoms with Crippen LogP contribution in [0.25, 0.3) is 33.4 Å². The van der Waals surface area contributed by atoms with E-state index < -0.39 is 0 Å². The highest BCUT2D eigenvalue weighted by molar-refractivity contribution is 9.10. The Morgan fingerprint density at radius 3 is 2.76 bits per heavy atom. The topological polar surface area (TPSA) is 75.6 Å². The summed E-state index contributed by atoms with van der Waals surface area (Å²) < 4.78 is 2.71. The van der Waals surface area contributed by atoms with Gasteiger partial charge in [-0.2, -0.15) is 5.10 Å². The van der Waals surface area contributed by atoms with Crippen molar-refractivity contribution < 1.29 is 4.79 Å². The first kappa shape index (κ1) is 19.1. The number of benzene rings is 1. The lowest BCUT2D eigenvalue weighted by Crippen LogP contribution is -2.08. The van der Waals surface area contributed by atoms with E-state index in [2.05, 4.69) is 55.9 Å². The van der Waals surface area contributed by atoms with E-state index in [4.69, 9.17) is 0 Å². The Kier molecular flexibility index (Phi) is 4.84. The number of H-pyrrole nitrogens is 1. The Morgan fingerprint density at radius 1 is 1.28 bits per heavy atom. The normalized spacial score (nSPS) is 11.0. The van der Waals surface area contributed by atoms with E-state index in [0.29, 0.717) is 0 Å². The van der Waals surface area contributed by atoms with Crippen molar-refractivity contribution in [3.05, 3.63) is 65.0 Å². The number of aromatic amines is 1. The van der Waals surface area contributed by atoms with E-state index in [9.17, 15) is 4.79 Å². The maximum absolute atomic E-state index is 11.9. The van der Waals surface area contributed by atoms with Crippen molar-refractivity contribution in [3.8, 4) is 22.4 Å². The number of anilines is 1. The number of hydrogen-bond acceptors (Lipinski definition) is 3. The third-order valence-corrected chi connectivity index (χ3v) is 5.78. The molecule has 0 saturated heterocycles. The van der Waals surface area contributed by atoms with Gasteiger partial charge in [0.1, 0.15) is 5.65 Å². The lowest BCUT2D eigenvalue weighted by molar-refractivity contribution is -0.111. The van der Waals surface area contributed by atoms with E-state index in [1.54, 1.807) is 10.9 Å². The Morgan fingerprint density at radius 2 is 2.07 bits per heavy atom. The minimum Gasteiger partial charge on any atom is -0.339 e. The monoisotopic (exact) mass is 449 g/mol. The van der Waals surface area contributed by atoms with E-state index in [1.165, 1.54) is 6.08 Å². The quantitative estimate of drug-likeness (QED) is 0.423. The highest BCUT2D eigenvalue weighted by atomic mass is 79.9. The van der Waals surface area contributed by atoms with Gasteiger partial charge in [-0.1, -0.05) is 18.7 Å². The second kappa shape index (κ2) is 7.33. The van der Waals surface area contributed by atoms with Crippen LogP contribution < -0.4 is 5.32 Å². The summed E-state index contributed by atoms with van der Waals surface area (Å²) in [5.74, 6) is -0.239. The molecule has 0 aliphatic heterocycles. The van der Waals surface area contributed by atoms with Crippen molar-refractivity contribution >= 4 is 38.6 Å². The molecule has 0 spiro atoms. The number of nitrogens with one attached hydrogen (secondary N) is 2. The molecule has 6 nitrogen and oxygen atoms in total. The second-order valence-electron chi connectivity index (χ2n) is 6.96. The van der Waals surface area contributed by atoms with Gasteiger partial charge in [0.05, 0.1) is 11.9 Å². The summed E-state index contributed by atoms with van der Waals surface area (Å²) in [5, 5.41) is 8.24.